The molecule has 18 nitrogen and oxygen atoms in total. The van der Waals surface area contributed by atoms with Crippen LogP contribution in [0.1, 0.15) is 26.0 Å². The smallest absolute Gasteiger partial charge is 0.418 e. The second-order valence-corrected chi connectivity index (χ2v) is 13.1. The number of carboxylic acids is 1. The number of hydroxylamine groups is 2. The summed E-state index contributed by atoms with van der Waals surface area (Å²) in [6.07, 6.45) is 3.32. The van der Waals surface area contributed by atoms with Crippen LogP contribution in [0, 0.1) is 0 Å². The molecule has 20 heteroatoms. The number of aryl methyl sites for hydroxylation is 2. The Hall–Kier alpha value is -4.63. The number of hydrogen-bond donors (Lipinski definition) is 5. The Labute approximate surface area is 274 Å². The summed E-state index contributed by atoms with van der Waals surface area (Å²) in [7, 11) is -1.40. The number of nitrogens with two attached hydrogens (primary N) is 2. The molecule has 2 amide bonds. The Kier molecular flexibility index (Phi) is 10.5. The van der Waals surface area contributed by atoms with Gasteiger partial charge < -0.3 is 31.6 Å². The first-order chi connectivity index (χ1) is 22.0. The van der Waals surface area contributed by atoms with Crippen LogP contribution < -0.4 is 26.4 Å². The molecule has 4 rings (SSSR count). The molecular weight excluding hydrogens is 658 g/mol. The third-order valence-corrected chi connectivity index (χ3v) is 8.35. The fourth-order valence-corrected chi connectivity index (χ4v) is 5.74. The van der Waals surface area contributed by atoms with Crippen molar-refractivity contribution in [3.63, 3.8) is 0 Å². The number of carboxylic acid groups (broad SMARTS) is 1. The number of benzene rings is 1. The lowest BCUT2D eigenvalue weighted by Gasteiger charge is -2.50. The van der Waals surface area contributed by atoms with Crippen LogP contribution in [0.4, 0.5) is 10.8 Å². The van der Waals surface area contributed by atoms with Crippen LogP contribution in [0.2, 0.25) is 0 Å². The molecule has 1 aliphatic heterocycles. The Balaban J connectivity index is 1.48. The number of carbonyl (C=O) groups excluding carboxylic acids is 2. The number of rotatable bonds is 15. The van der Waals surface area contributed by atoms with Crippen LogP contribution in [0.15, 0.2) is 47.2 Å². The lowest BCUT2D eigenvalue weighted by Crippen LogP contribution is -2.76. The van der Waals surface area contributed by atoms with Gasteiger partial charge in [-0.05, 0) is 44.5 Å². The van der Waals surface area contributed by atoms with E-state index in [1.165, 1.54) is 19.2 Å². The van der Waals surface area contributed by atoms with Crippen molar-refractivity contribution in [1.29, 1.82) is 0 Å². The van der Waals surface area contributed by atoms with Gasteiger partial charge in [-0.2, -0.15) is 18.2 Å². The van der Waals surface area contributed by atoms with Crippen molar-refractivity contribution in [3.8, 4) is 11.1 Å². The number of thiazole rings is 1. The molecule has 0 aliphatic carbocycles. The lowest BCUT2D eigenvalue weighted by molar-refractivity contribution is -0.753. The number of β-lactam (4-membered cyclic amide) rings is 1. The van der Waals surface area contributed by atoms with Crippen molar-refractivity contribution in [2.75, 3.05) is 30.8 Å². The molecular formula is C27H36N9O9S2+. The van der Waals surface area contributed by atoms with E-state index < -0.39 is 51.6 Å². The summed E-state index contributed by atoms with van der Waals surface area (Å²) < 4.78 is 39.5. The highest BCUT2D eigenvalue weighted by Gasteiger charge is 2.58. The second kappa shape index (κ2) is 14.0. The van der Waals surface area contributed by atoms with Gasteiger partial charge in [-0.1, -0.05) is 17.3 Å². The number of nitrogen functional groups attached to an aromatic ring is 1. The quantitative estimate of drug-likeness (QED) is 0.0444. The normalized spacial score (nSPS) is 16.8. The molecule has 3 heterocycles. The van der Waals surface area contributed by atoms with Crippen LogP contribution in [-0.4, -0.2) is 94.1 Å². The molecule has 0 radical (unpaired) electrons. The van der Waals surface area contributed by atoms with Crippen LogP contribution in [0.5, 0.6) is 0 Å². The molecule has 1 fully saturated rings. The van der Waals surface area contributed by atoms with Crippen LogP contribution >= 0.6 is 11.3 Å². The number of carbonyl (C=O) groups is 3. The molecule has 0 spiro atoms. The van der Waals surface area contributed by atoms with Gasteiger partial charge in [0.15, 0.2) is 17.9 Å². The molecule has 7 N–H and O–H groups in total. The number of likely N-dealkylation sites (N-methyl/N-ethyl adjacent to an activating group) is 1. The fraction of sp³-hybridized carbons (Fsp3) is 0.407. The van der Waals surface area contributed by atoms with Crippen molar-refractivity contribution in [3.05, 3.63) is 47.7 Å². The molecule has 0 bridgehead atoms. The molecule has 1 saturated heterocycles. The fourth-order valence-electron chi connectivity index (χ4n) is 4.74. The van der Waals surface area contributed by atoms with Gasteiger partial charge in [-0.25, -0.2) is 9.78 Å². The topological polar surface area (TPSA) is 249 Å². The number of aliphatic carboxylic acids is 1. The van der Waals surface area contributed by atoms with E-state index in [1.54, 1.807) is 11.9 Å². The summed E-state index contributed by atoms with van der Waals surface area (Å²) in [5, 5.41) is 17.9. The lowest BCUT2D eigenvalue weighted by atomic mass is 9.84. The van der Waals surface area contributed by atoms with Crippen molar-refractivity contribution in [2.24, 2.45) is 17.9 Å². The Morgan fingerprint density at radius 1 is 1.28 bits per heavy atom. The van der Waals surface area contributed by atoms with E-state index in [-0.39, 0.29) is 17.4 Å². The van der Waals surface area contributed by atoms with Gasteiger partial charge in [-0.15, -0.1) is 20.3 Å². The molecule has 3 aromatic rings. The Morgan fingerprint density at radius 3 is 2.51 bits per heavy atom. The van der Waals surface area contributed by atoms with Crippen LogP contribution in [0.25, 0.3) is 11.1 Å². The zero-order valence-electron chi connectivity index (χ0n) is 25.9. The first kappa shape index (κ1) is 35.2. The van der Waals surface area contributed by atoms with Crippen LogP contribution in [0.3, 0.4) is 0 Å². The zero-order valence-corrected chi connectivity index (χ0v) is 27.6. The van der Waals surface area contributed by atoms with Gasteiger partial charge in [0.25, 0.3) is 11.8 Å². The summed E-state index contributed by atoms with van der Waals surface area (Å²) in [5.74, 6) is -3.34. The maximum atomic E-state index is 13.3. The standard InChI is InChI=1S/C27H35N9O9S2/c1-27(2)22(24(38)36(27)45-47(41,42)43)31-23(37)21(19-15-46-26(29)30-19)32-44-20(25(39)40)14-33(3)18-8-6-16(7-9-18)17-12-34(4)35(13-17)11-5-10-28/h6-9,12-13,15,20,22H,5,10-11,14,28H2,1-4H3,(H4-,29,30,31,37,39,40,41,42,43)/p+1/b32-21-/t20?,22-/m1/s1. The highest BCUT2D eigenvalue weighted by Crippen LogP contribution is 2.33. The van der Waals surface area contributed by atoms with E-state index in [9.17, 15) is 27.9 Å². The number of amides is 2. The van der Waals surface area contributed by atoms with Crippen molar-refractivity contribution in [2.45, 2.75) is 44.5 Å². The first-order valence-corrected chi connectivity index (χ1v) is 16.3. The van der Waals surface area contributed by atoms with Gasteiger partial charge in [0.1, 0.15) is 11.7 Å². The largest absolute Gasteiger partial charge is 0.478 e. The number of anilines is 2. The molecule has 0 saturated carbocycles. The van der Waals surface area contributed by atoms with Gasteiger partial charge in [0, 0.05) is 18.1 Å². The summed E-state index contributed by atoms with van der Waals surface area (Å²) >= 11 is 0.978. The third-order valence-electron chi connectivity index (χ3n) is 7.34. The SMILES string of the molecule is CN(CC(O/N=C(\C(=O)N[C@@H]1C(=O)N(OS(=O)(=O)O)C1(C)C)c1csc(N)n1)C(=O)O)c1ccc(-c2cn(CCCN)[n+](C)c2)cc1. The molecule has 254 valence electrons. The van der Waals surface area contributed by atoms with Gasteiger partial charge in [-0.3, -0.25) is 14.1 Å². The third kappa shape index (κ3) is 8.21. The average Bonchev–Trinajstić information content (AvgIpc) is 3.61. The number of hydrogen-bond acceptors (Lipinski definition) is 13. The minimum absolute atomic E-state index is 0.0565. The van der Waals surface area contributed by atoms with E-state index in [4.69, 9.17) is 20.9 Å². The monoisotopic (exact) mass is 694 g/mol. The molecule has 1 unspecified atom stereocenters. The van der Waals surface area contributed by atoms with Crippen LogP contribution in [-0.2, 0) is 47.5 Å². The maximum absolute atomic E-state index is 13.3. The molecule has 2 aromatic heterocycles. The van der Waals surface area contributed by atoms with Gasteiger partial charge >= 0.3 is 16.4 Å². The van der Waals surface area contributed by atoms with E-state index in [1.807, 2.05) is 48.4 Å². The van der Waals surface area contributed by atoms with E-state index in [0.29, 0.717) is 17.3 Å². The number of oxime groups is 1. The van der Waals surface area contributed by atoms with E-state index >= 15 is 0 Å². The van der Waals surface area contributed by atoms with Crippen molar-refractivity contribution < 1.29 is 46.3 Å². The zero-order chi connectivity index (χ0) is 34.7. The number of aromatic nitrogens is 3. The minimum atomic E-state index is -5.01. The van der Waals surface area contributed by atoms with Crippen molar-refractivity contribution >= 4 is 56.1 Å². The predicted octanol–water partition coefficient (Wildman–Crippen LogP) is -0.483. The highest BCUT2D eigenvalue weighted by atomic mass is 32.3. The molecule has 47 heavy (non-hydrogen) atoms. The molecule has 2 atom stereocenters. The summed E-state index contributed by atoms with van der Waals surface area (Å²) in [6.45, 7) is 3.95. The molecule has 1 aliphatic rings. The summed E-state index contributed by atoms with van der Waals surface area (Å²) in [5.41, 5.74) is 12.0. The minimum Gasteiger partial charge on any atom is -0.478 e. The second-order valence-electron chi connectivity index (χ2n) is 11.2. The molecule has 1 aromatic carbocycles. The summed E-state index contributed by atoms with van der Waals surface area (Å²) in [6, 6.07) is 6.16. The number of nitrogens with zero attached hydrogens (tertiary/aromatic N) is 6. The van der Waals surface area contributed by atoms with E-state index in [2.05, 4.69) is 24.4 Å². The highest BCUT2D eigenvalue weighted by molar-refractivity contribution is 7.80. The Bertz CT molecular complexity index is 1770. The number of nitrogens with one attached hydrogen (secondary N) is 1. The van der Waals surface area contributed by atoms with Crippen molar-refractivity contribution in [1.82, 2.24) is 20.0 Å². The van der Waals surface area contributed by atoms with Gasteiger partial charge in [0.2, 0.25) is 12.3 Å². The Morgan fingerprint density at radius 2 is 1.96 bits per heavy atom. The maximum Gasteiger partial charge on any atom is 0.418 e. The first-order valence-electron chi connectivity index (χ1n) is 14.1. The summed E-state index contributed by atoms with van der Waals surface area (Å²) in [4.78, 5) is 49.0. The van der Waals surface area contributed by atoms with E-state index in [0.717, 1.165) is 35.4 Å². The van der Waals surface area contributed by atoms with Gasteiger partial charge in [0.05, 0.1) is 30.4 Å². The predicted molar refractivity (Wildman–Crippen MR) is 169 cm³/mol. The average molecular weight is 695 g/mol.